The van der Waals surface area contributed by atoms with E-state index in [1.807, 2.05) is 34.7 Å². The molecule has 0 spiro atoms. The Morgan fingerprint density at radius 3 is 2.37 bits per heavy atom. The number of amides is 1. The van der Waals surface area contributed by atoms with Gasteiger partial charge in [-0.3, -0.25) is 14.5 Å². The lowest BCUT2D eigenvalue weighted by molar-refractivity contribution is -0.132. The van der Waals surface area contributed by atoms with E-state index >= 15 is 0 Å². The summed E-state index contributed by atoms with van der Waals surface area (Å²) in [6, 6.07) is 10.8. The molecule has 1 aliphatic carbocycles. The highest BCUT2D eigenvalue weighted by atomic mass is 19.1. The third-order valence-electron chi connectivity index (χ3n) is 5.99. The van der Waals surface area contributed by atoms with Gasteiger partial charge >= 0.3 is 0 Å². The van der Waals surface area contributed by atoms with E-state index < -0.39 is 0 Å². The van der Waals surface area contributed by atoms with Crippen molar-refractivity contribution in [2.24, 2.45) is 0 Å². The molecule has 6 nitrogen and oxygen atoms in total. The minimum Gasteiger partial charge on any atom is -0.497 e. The molecule has 2 aromatic heterocycles. The maximum absolute atomic E-state index is 13.6. The first-order chi connectivity index (χ1) is 16.9. The van der Waals surface area contributed by atoms with E-state index in [1.165, 1.54) is 6.07 Å². The predicted molar refractivity (Wildman–Crippen MR) is 137 cm³/mol. The first kappa shape index (κ1) is 26.4. The molecule has 3 aromatic rings. The van der Waals surface area contributed by atoms with Crippen LogP contribution in [0.4, 0.5) is 4.39 Å². The molecule has 1 amide bonds. The number of hydrogen-bond acceptors (Lipinski definition) is 4. The Morgan fingerprint density at radius 2 is 1.83 bits per heavy atom. The van der Waals surface area contributed by atoms with Gasteiger partial charge in [-0.05, 0) is 75.4 Å². The number of rotatable bonds is 9. The fourth-order valence-corrected chi connectivity index (χ4v) is 3.99. The monoisotopic (exact) mass is 480 g/mol. The van der Waals surface area contributed by atoms with Crippen molar-refractivity contribution >= 4 is 5.91 Å². The van der Waals surface area contributed by atoms with Crippen molar-refractivity contribution < 1.29 is 13.9 Å². The second kappa shape index (κ2) is 12.5. The van der Waals surface area contributed by atoms with Crippen molar-refractivity contribution in [3.05, 3.63) is 65.4 Å². The molecule has 0 atom stereocenters. The zero-order chi connectivity index (χ0) is 25.4. The Labute approximate surface area is 208 Å². The first-order valence-electron chi connectivity index (χ1n) is 12.4. The normalized spacial score (nSPS) is 12.6. The molecule has 0 N–H and O–H groups in total. The van der Waals surface area contributed by atoms with Gasteiger partial charge < -0.3 is 9.64 Å². The summed E-state index contributed by atoms with van der Waals surface area (Å²) >= 11 is 0. The Bertz CT molecular complexity index is 1120. The van der Waals surface area contributed by atoms with Crippen LogP contribution in [0.1, 0.15) is 62.4 Å². The van der Waals surface area contributed by atoms with Crippen molar-refractivity contribution in [1.29, 1.82) is 0 Å². The summed E-state index contributed by atoms with van der Waals surface area (Å²) in [5, 5.41) is 4.70. The van der Waals surface area contributed by atoms with Crippen LogP contribution < -0.4 is 4.74 Å². The van der Waals surface area contributed by atoms with Crippen molar-refractivity contribution in [3.8, 4) is 17.0 Å². The summed E-state index contributed by atoms with van der Waals surface area (Å²) in [5.41, 5.74) is 4.44. The molecule has 1 aromatic carbocycles. The van der Waals surface area contributed by atoms with Gasteiger partial charge in [-0.2, -0.15) is 5.10 Å². The molecule has 0 bridgehead atoms. The molecule has 1 fully saturated rings. The number of aryl methyl sites for hydroxylation is 2. The van der Waals surface area contributed by atoms with Gasteiger partial charge in [0.15, 0.2) is 0 Å². The largest absolute Gasteiger partial charge is 0.497 e. The third kappa shape index (κ3) is 7.38. The maximum Gasteiger partial charge on any atom is 0.244 e. The number of pyridine rings is 1. The summed E-state index contributed by atoms with van der Waals surface area (Å²) in [7, 11) is 1.65. The quantitative estimate of drug-likeness (QED) is 0.381. The lowest BCUT2D eigenvalue weighted by Crippen LogP contribution is -2.35. The van der Waals surface area contributed by atoms with Gasteiger partial charge in [-0.25, -0.2) is 4.39 Å². The van der Waals surface area contributed by atoms with E-state index in [9.17, 15) is 9.18 Å². The molecule has 0 unspecified atom stereocenters. The Hall–Kier alpha value is -3.22. The van der Waals surface area contributed by atoms with E-state index in [1.54, 1.807) is 26.3 Å². The molecular weight excluding hydrogens is 443 g/mol. The zero-order valence-corrected chi connectivity index (χ0v) is 21.6. The summed E-state index contributed by atoms with van der Waals surface area (Å²) in [5.74, 6) is 1.28. The fraction of sp³-hybridized carbons (Fsp3) is 0.464. The maximum atomic E-state index is 13.6. The molecule has 188 valence electrons. The van der Waals surface area contributed by atoms with Crippen LogP contribution in [-0.2, 0) is 11.3 Å². The molecule has 1 saturated carbocycles. The van der Waals surface area contributed by atoms with E-state index in [2.05, 4.69) is 24.9 Å². The van der Waals surface area contributed by atoms with Crippen LogP contribution in [0.15, 0.2) is 42.6 Å². The molecule has 7 heteroatoms. The summed E-state index contributed by atoms with van der Waals surface area (Å²) in [6.07, 6.45) is 5.94. The van der Waals surface area contributed by atoms with Crippen molar-refractivity contribution in [1.82, 2.24) is 19.7 Å². The van der Waals surface area contributed by atoms with Crippen molar-refractivity contribution in [3.63, 3.8) is 0 Å². The van der Waals surface area contributed by atoms with E-state index in [0.29, 0.717) is 11.5 Å². The van der Waals surface area contributed by atoms with E-state index in [4.69, 9.17) is 9.84 Å². The number of aromatic nitrogens is 3. The van der Waals surface area contributed by atoms with Gasteiger partial charge in [0.25, 0.3) is 0 Å². The Balaban J connectivity index is 0.000000320. The van der Waals surface area contributed by atoms with E-state index in [0.717, 1.165) is 67.2 Å². The lowest BCUT2D eigenvalue weighted by atomic mass is 10.1. The van der Waals surface area contributed by atoms with Crippen LogP contribution in [0.25, 0.3) is 11.3 Å². The highest BCUT2D eigenvalue weighted by molar-refractivity contribution is 5.76. The smallest absolute Gasteiger partial charge is 0.244 e. The second-order valence-electron chi connectivity index (χ2n) is 9.07. The van der Waals surface area contributed by atoms with Crippen LogP contribution in [0.5, 0.6) is 5.75 Å². The van der Waals surface area contributed by atoms with Crippen LogP contribution in [0.2, 0.25) is 0 Å². The Kier molecular flexibility index (Phi) is 9.40. The number of methoxy groups -OCH3 is 1. The number of ether oxygens (including phenoxy) is 1. The number of halogens is 1. The fourth-order valence-electron chi connectivity index (χ4n) is 3.99. The molecular formula is C28H37FN4O2. The van der Waals surface area contributed by atoms with Crippen LogP contribution >= 0.6 is 0 Å². The summed E-state index contributed by atoms with van der Waals surface area (Å²) in [4.78, 5) is 18.7. The number of carbonyl (C=O) groups is 1. The topological polar surface area (TPSA) is 60.2 Å². The SMILES string of the molecule is CCCN(CCC)C(=O)Cn1nc(-c2ccc(F)c(C)c2)cc1C1CC1.COc1ccnc(C)c1. The minimum absolute atomic E-state index is 0.125. The first-order valence-corrected chi connectivity index (χ1v) is 12.4. The number of hydrogen-bond donors (Lipinski definition) is 0. The van der Waals surface area contributed by atoms with Crippen molar-refractivity contribution in [2.75, 3.05) is 20.2 Å². The molecule has 0 saturated heterocycles. The highest BCUT2D eigenvalue weighted by Gasteiger charge is 2.29. The predicted octanol–water partition coefficient (Wildman–Crippen LogP) is 5.92. The van der Waals surface area contributed by atoms with Crippen molar-refractivity contribution in [2.45, 2.75) is 65.8 Å². The van der Waals surface area contributed by atoms with Gasteiger partial charge in [0.1, 0.15) is 18.1 Å². The van der Waals surface area contributed by atoms with Crippen LogP contribution in [0, 0.1) is 19.7 Å². The standard InChI is InChI=1S/C21H28FN3O.C7H9NO/c1-4-10-24(11-5-2)21(26)14-25-20(16-6-7-16)13-19(23-25)17-8-9-18(22)15(3)12-17;1-6-5-7(9-2)3-4-8-6/h8-9,12-13,16H,4-7,10-11,14H2,1-3H3;3-5H,1-2H3. The third-order valence-corrected chi connectivity index (χ3v) is 5.99. The Morgan fingerprint density at radius 1 is 1.11 bits per heavy atom. The average Bonchev–Trinajstić information content (AvgIpc) is 3.61. The molecule has 2 heterocycles. The van der Waals surface area contributed by atoms with Gasteiger partial charge in [-0.15, -0.1) is 0 Å². The van der Waals surface area contributed by atoms with Gasteiger partial charge in [-0.1, -0.05) is 13.8 Å². The molecule has 0 aliphatic heterocycles. The number of benzene rings is 1. The number of carbonyl (C=O) groups excluding carboxylic acids is 1. The summed E-state index contributed by atoms with van der Waals surface area (Å²) in [6.45, 7) is 9.74. The average molecular weight is 481 g/mol. The zero-order valence-electron chi connectivity index (χ0n) is 21.6. The van der Waals surface area contributed by atoms with Gasteiger partial charge in [0.2, 0.25) is 5.91 Å². The summed E-state index contributed by atoms with van der Waals surface area (Å²) < 4.78 is 20.4. The van der Waals surface area contributed by atoms with Crippen LogP contribution in [0.3, 0.4) is 0 Å². The highest BCUT2D eigenvalue weighted by Crippen LogP contribution is 2.41. The van der Waals surface area contributed by atoms with E-state index in [-0.39, 0.29) is 18.3 Å². The minimum atomic E-state index is -0.208. The molecule has 4 rings (SSSR count). The van der Waals surface area contributed by atoms with Gasteiger partial charge in [0, 0.05) is 48.2 Å². The number of nitrogens with zero attached hydrogens (tertiary/aromatic N) is 4. The molecule has 0 radical (unpaired) electrons. The van der Waals surface area contributed by atoms with Crippen LogP contribution in [-0.4, -0.2) is 45.8 Å². The lowest BCUT2D eigenvalue weighted by Gasteiger charge is -2.21. The van der Waals surface area contributed by atoms with Gasteiger partial charge in [0.05, 0.1) is 12.8 Å². The second-order valence-corrected chi connectivity index (χ2v) is 9.07. The molecule has 1 aliphatic rings. The molecule has 35 heavy (non-hydrogen) atoms.